The number of likely N-dealkylation sites (tertiary alicyclic amines) is 1. The second-order valence-corrected chi connectivity index (χ2v) is 6.65. The number of rotatable bonds is 6. The maximum atomic E-state index is 12.3. The summed E-state index contributed by atoms with van der Waals surface area (Å²) >= 11 is 0. The molecule has 0 aromatic heterocycles. The van der Waals surface area contributed by atoms with Crippen LogP contribution in [-0.2, 0) is 17.9 Å². The van der Waals surface area contributed by atoms with Gasteiger partial charge in [0.15, 0.2) is 0 Å². The predicted molar refractivity (Wildman–Crippen MR) is 110 cm³/mol. The molecule has 1 heterocycles. The monoisotopic (exact) mass is 387 g/mol. The van der Waals surface area contributed by atoms with Gasteiger partial charge in [0.2, 0.25) is 5.91 Å². The lowest BCUT2D eigenvalue weighted by Gasteiger charge is -2.24. The van der Waals surface area contributed by atoms with Gasteiger partial charge >= 0.3 is 0 Å². The molecule has 1 atom stereocenters. The molecule has 0 spiro atoms. The summed E-state index contributed by atoms with van der Waals surface area (Å²) in [6.07, 6.45) is 1.25. The molecular formula is C21H26ClN3O2. The Balaban J connectivity index is 0.00000261. The highest BCUT2D eigenvalue weighted by Crippen LogP contribution is 2.22. The van der Waals surface area contributed by atoms with Crippen molar-refractivity contribution in [1.82, 2.24) is 4.90 Å². The molecule has 2 N–H and O–H groups in total. The number of carbonyl (C=O) groups is 1. The van der Waals surface area contributed by atoms with Gasteiger partial charge in [-0.3, -0.25) is 9.79 Å². The summed E-state index contributed by atoms with van der Waals surface area (Å²) in [4.78, 5) is 18.7. The number of hydrogen-bond acceptors (Lipinski definition) is 3. The van der Waals surface area contributed by atoms with Gasteiger partial charge in [0.1, 0.15) is 11.6 Å². The van der Waals surface area contributed by atoms with Gasteiger partial charge in [-0.1, -0.05) is 42.0 Å². The largest absolute Gasteiger partial charge is 0.497 e. The molecule has 2 aromatic rings. The Hall–Kier alpha value is -2.53. The van der Waals surface area contributed by atoms with Crippen molar-refractivity contribution >= 4 is 24.1 Å². The van der Waals surface area contributed by atoms with Crippen molar-refractivity contribution in [2.45, 2.75) is 38.9 Å². The first-order chi connectivity index (χ1) is 12.6. The van der Waals surface area contributed by atoms with Crippen LogP contribution >= 0.6 is 12.4 Å². The lowest BCUT2D eigenvalue weighted by atomic mass is 10.1. The van der Waals surface area contributed by atoms with E-state index >= 15 is 0 Å². The molecule has 3 rings (SSSR count). The number of carbonyl (C=O) groups excluding carboxylic acids is 1. The van der Waals surface area contributed by atoms with E-state index in [-0.39, 0.29) is 24.4 Å². The Kier molecular flexibility index (Phi) is 7.25. The molecule has 5 nitrogen and oxygen atoms in total. The number of methoxy groups -OCH3 is 1. The zero-order valence-electron chi connectivity index (χ0n) is 15.7. The van der Waals surface area contributed by atoms with Gasteiger partial charge in [-0.05, 0) is 36.6 Å². The number of benzene rings is 2. The number of amides is 1. The van der Waals surface area contributed by atoms with Gasteiger partial charge in [-0.25, -0.2) is 0 Å². The second-order valence-electron chi connectivity index (χ2n) is 6.65. The number of hydrogen-bond donors (Lipinski definition) is 1. The molecule has 0 unspecified atom stereocenters. The van der Waals surface area contributed by atoms with Crippen molar-refractivity contribution < 1.29 is 9.53 Å². The summed E-state index contributed by atoms with van der Waals surface area (Å²) in [6.45, 7) is 3.12. The van der Waals surface area contributed by atoms with E-state index in [0.717, 1.165) is 23.3 Å². The van der Waals surface area contributed by atoms with Crippen LogP contribution in [0.5, 0.6) is 5.75 Å². The third-order valence-electron chi connectivity index (χ3n) is 4.75. The predicted octanol–water partition coefficient (Wildman–Crippen LogP) is 3.47. The van der Waals surface area contributed by atoms with E-state index in [9.17, 15) is 4.79 Å². The summed E-state index contributed by atoms with van der Waals surface area (Å²) < 4.78 is 5.16. The smallest absolute Gasteiger partial charge is 0.223 e. The van der Waals surface area contributed by atoms with Crippen LogP contribution in [-0.4, -0.2) is 29.8 Å². The van der Waals surface area contributed by atoms with Crippen LogP contribution in [0.2, 0.25) is 0 Å². The van der Waals surface area contributed by atoms with Gasteiger partial charge in [0.05, 0.1) is 19.7 Å². The number of aliphatic imine (C=N–C) groups is 1. The van der Waals surface area contributed by atoms with E-state index in [1.165, 1.54) is 5.56 Å². The highest BCUT2D eigenvalue weighted by Gasteiger charge is 2.33. The van der Waals surface area contributed by atoms with Crippen LogP contribution in [0.25, 0.3) is 0 Å². The fourth-order valence-corrected chi connectivity index (χ4v) is 3.15. The third kappa shape index (κ3) is 5.23. The Morgan fingerprint density at radius 3 is 2.41 bits per heavy atom. The topological polar surface area (TPSA) is 67.9 Å². The zero-order valence-corrected chi connectivity index (χ0v) is 16.5. The Morgan fingerprint density at radius 2 is 1.78 bits per heavy atom. The van der Waals surface area contributed by atoms with Gasteiger partial charge in [-0.15, -0.1) is 12.4 Å². The summed E-state index contributed by atoms with van der Waals surface area (Å²) in [5.74, 6) is 1.48. The van der Waals surface area contributed by atoms with Crippen LogP contribution in [0.1, 0.15) is 29.5 Å². The third-order valence-corrected chi connectivity index (χ3v) is 4.75. The lowest BCUT2D eigenvalue weighted by molar-refractivity contribution is -0.128. The molecular weight excluding hydrogens is 362 g/mol. The normalized spacial score (nSPS) is 17.0. The Labute approximate surface area is 166 Å². The number of aryl methyl sites for hydroxylation is 1. The highest BCUT2D eigenvalue weighted by atomic mass is 35.5. The average molecular weight is 388 g/mol. The molecule has 0 bridgehead atoms. The first-order valence-electron chi connectivity index (χ1n) is 8.84. The van der Waals surface area contributed by atoms with Crippen molar-refractivity contribution in [2.75, 3.05) is 7.11 Å². The van der Waals surface area contributed by atoms with Crippen LogP contribution in [0.15, 0.2) is 53.5 Å². The summed E-state index contributed by atoms with van der Waals surface area (Å²) in [6, 6.07) is 15.9. The SMILES string of the molecule is COc1ccc(CN=C(N)[C@@H]2CCC(=O)N2Cc2ccc(C)cc2)cc1.Cl. The fourth-order valence-electron chi connectivity index (χ4n) is 3.15. The van der Waals surface area contributed by atoms with E-state index in [0.29, 0.717) is 25.3 Å². The molecule has 1 aliphatic rings. The molecule has 1 aliphatic heterocycles. The van der Waals surface area contributed by atoms with Crippen molar-refractivity contribution in [3.8, 4) is 5.75 Å². The summed E-state index contributed by atoms with van der Waals surface area (Å²) in [7, 11) is 1.64. The molecule has 0 saturated carbocycles. The van der Waals surface area contributed by atoms with E-state index in [4.69, 9.17) is 10.5 Å². The van der Waals surface area contributed by atoms with E-state index in [1.54, 1.807) is 7.11 Å². The van der Waals surface area contributed by atoms with Crippen molar-refractivity contribution in [3.05, 3.63) is 65.2 Å². The quantitative estimate of drug-likeness (QED) is 0.609. The van der Waals surface area contributed by atoms with Gasteiger partial charge in [-0.2, -0.15) is 0 Å². The summed E-state index contributed by atoms with van der Waals surface area (Å²) in [5, 5.41) is 0. The van der Waals surface area contributed by atoms with E-state index in [2.05, 4.69) is 36.2 Å². The molecule has 1 fully saturated rings. The van der Waals surface area contributed by atoms with Crippen molar-refractivity contribution in [1.29, 1.82) is 0 Å². The summed E-state index contributed by atoms with van der Waals surface area (Å²) in [5.41, 5.74) is 9.62. The number of halogens is 1. The van der Waals surface area contributed by atoms with Crippen LogP contribution in [0.4, 0.5) is 0 Å². The van der Waals surface area contributed by atoms with Crippen LogP contribution in [0.3, 0.4) is 0 Å². The number of ether oxygens (including phenoxy) is 1. The number of amidine groups is 1. The standard InChI is InChI=1S/C21H25N3O2.ClH/c1-15-3-5-17(6-4-15)14-24-19(11-12-20(24)25)21(22)23-13-16-7-9-18(26-2)10-8-16;/h3-10,19H,11-14H2,1-2H3,(H2,22,23);1H/t19-;/m0./s1. The maximum absolute atomic E-state index is 12.3. The van der Waals surface area contributed by atoms with Gasteiger partial charge in [0.25, 0.3) is 0 Å². The molecule has 0 radical (unpaired) electrons. The molecule has 1 saturated heterocycles. The van der Waals surface area contributed by atoms with Gasteiger partial charge in [0, 0.05) is 13.0 Å². The lowest BCUT2D eigenvalue weighted by Crippen LogP contribution is -2.42. The minimum Gasteiger partial charge on any atom is -0.497 e. The number of nitrogens with zero attached hydrogens (tertiary/aromatic N) is 2. The van der Waals surface area contributed by atoms with Gasteiger partial charge < -0.3 is 15.4 Å². The molecule has 6 heteroatoms. The Morgan fingerprint density at radius 1 is 1.15 bits per heavy atom. The van der Waals surface area contributed by atoms with E-state index < -0.39 is 0 Å². The molecule has 2 aromatic carbocycles. The number of nitrogens with two attached hydrogens (primary N) is 1. The highest BCUT2D eigenvalue weighted by molar-refractivity contribution is 5.93. The van der Waals surface area contributed by atoms with Crippen LogP contribution in [0, 0.1) is 6.92 Å². The maximum Gasteiger partial charge on any atom is 0.223 e. The first kappa shape index (κ1) is 20.8. The minimum absolute atomic E-state index is 0. The second kappa shape index (κ2) is 9.42. The van der Waals surface area contributed by atoms with E-state index in [1.807, 2.05) is 29.2 Å². The minimum atomic E-state index is -0.123. The van der Waals surface area contributed by atoms with Crippen LogP contribution < -0.4 is 10.5 Å². The van der Waals surface area contributed by atoms with Crippen molar-refractivity contribution in [3.63, 3.8) is 0 Å². The molecule has 1 amide bonds. The zero-order chi connectivity index (χ0) is 18.5. The molecule has 27 heavy (non-hydrogen) atoms. The molecule has 0 aliphatic carbocycles. The van der Waals surface area contributed by atoms with Crippen molar-refractivity contribution in [2.24, 2.45) is 10.7 Å². The Bertz CT molecular complexity index is 788. The first-order valence-corrected chi connectivity index (χ1v) is 8.84. The molecule has 144 valence electrons. The fraction of sp³-hybridized carbons (Fsp3) is 0.333. The average Bonchev–Trinajstić information content (AvgIpc) is 3.02.